The molecule has 0 unspecified atom stereocenters. The molecular weight excluding hydrogens is 222 g/mol. The number of fused-ring (bicyclic) bond motifs is 1. The molecule has 1 aromatic heterocycles. The van der Waals surface area contributed by atoms with Crippen LogP contribution < -0.4 is 5.76 Å². The van der Waals surface area contributed by atoms with Crippen molar-refractivity contribution in [1.29, 1.82) is 0 Å². The lowest BCUT2D eigenvalue weighted by Crippen LogP contribution is -1.92. The van der Waals surface area contributed by atoms with Crippen LogP contribution in [0.2, 0.25) is 0 Å². The molecule has 0 bridgehead atoms. The minimum atomic E-state index is -0.947. The number of hydrogen-bond donors (Lipinski definition) is 2. The monoisotopic (exact) mass is 233 g/mol. The molecule has 1 heterocycles. The van der Waals surface area contributed by atoms with Crippen molar-refractivity contribution in [1.82, 2.24) is 4.98 Å². The van der Waals surface area contributed by atoms with Crippen LogP contribution in [-0.4, -0.2) is 16.1 Å². The average Bonchev–Trinajstić information content (AvgIpc) is 2.63. The molecule has 2 aromatic rings. The number of allylic oxidation sites excluding steroid dienone is 1. The van der Waals surface area contributed by atoms with Crippen molar-refractivity contribution >= 4 is 17.1 Å². The third-order valence-electron chi connectivity index (χ3n) is 2.35. The summed E-state index contributed by atoms with van der Waals surface area (Å²) in [6.07, 6.45) is 4.05. The van der Waals surface area contributed by atoms with E-state index >= 15 is 0 Å². The number of carboxylic acid groups (broad SMARTS) is 1. The Kier molecular flexibility index (Phi) is 3.09. The van der Waals surface area contributed by atoms with Crippen molar-refractivity contribution in [3.05, 3.63) is 46.5 Å². The Morgan fingerprint density at radius 1 is 1.47 bits per heavy atom. The molecule has 88 valence electrons. The Labute approximate surface area is 96.4 Å². The van der Waals surface area contributed by atoms with E-state index in [2.05, 4.69) is 4.98 Å². The molecule has 0 saturated heterocycles. The summed E-state index contributed by atoms with van der Waals surface area (Å²) in [7, 11) is 0. The molecule has 0 amide bonds. The number of aromatic amines is 1. The SMILES string of the molecule is O=C(O)/C=C/CCc1ccc2[nH]c(=O)oc2c1. The number of oxazole rings is 1. The number of carbonyl (C=O) groups is 1. The van der Waals surface area contributed by atoms with Crippen molar-refractivity contribution in [2.75, 3.05) is 0 Å². The Hall–Kier alpha value is -2.30. The van der Waals surface area contributed by atoms with Crippen LogP contribution in [0, 0.1) is 0 Å². The lowest BCUT2D eigenvalue weighted by molar-refractivity contribution is -0.131. The normalized spacial score (nSPS) is 11.3. The van der Waals surface area contributed by atoms with E-state index in [0.717, 1.165) is 11.6 Å². The van der Waals surface area contributed by atoms with Crippen LogP contribution in [-0.2, 0) is 11.2 Å². The largest absolute Gasteiger partial charge is 0.478 e. The van der Waals surface area contributed by atoms with Gasteiger partial charge in [0.15, 0.2) is 5.58 Å². The number of hydrogen-bond acceptors (Lipinski definition) is 3. The minimum absolute atomic E-state index is 0.470. The van der Waals surface area contributed by atoms with E-state index in [4.69, 9.17) is 9.52 Å². The second kappa shape index (κ2) is 4.69. The van der Waals surface area contributed by atoms with Crippen LogP contribution >= 0.6 is 0 Å². The molecule has 0 aliphatic carbocycles. The quantitative estimate of drug-likeness (QED) is 0.787. The summed E-state index contributed by atoms with van der Waals surface area (Å²) in [4.78, 5) is 23.7. The number of aliphatic carboxylic acids is 1. The molecule has 5 heteroatoms. The standard InChI is InChI=1S/C12H11NO4/c14-11(15)4-2-1-3-8-5-6-9-10(7-8)17-12(16)13-9/h2,4-7H,1,3H2,(H,13,16)(H,14,15)/b4-2+. The fraction of sp³-hybridized carbons (Fsp3) is 0.167. The van der Waals surface area contributed by atoms with Crippen molar-refractivity contribution in [3.63, 3.8) is 0 Å². The minimum Gasteiger partial charge on any atom is -0.478 e. The van der Waals surface area contributed by atoms with Gasteiger partial charge in [0.05, 0.1) is 5.52 Å². The van der Waals surface area contributed by atoms with Gasteiger partial charge in [-0.25, -0.2) is 9.59 Å². The van der Waals surface area contributed by atoms with Gasteiger partial charge >= 0.3 is 11.7 Å². The number of aromatic nitrogens is 1. The lowest BCUT2D eigenvalue weighted by atomic mass is 10.1. The van der Waals surface area contributed by atoms with E-state index in [1.54, 1.807) is 18.2 Å². The predicted molar refractivity (Wildman–Crippen MR) is 61.9 cm³/mol. The van der Waals surface area contributed by atoms with Crippen LogP contribution in [0.25, 0.3) is 11.1 Å². The number of carboxylic acids is 1. The first kappa shape index (κ1) is 11.2. The van der Waals surface area contributed by atoms with E-state index in [1.807, 2.05) is 6.07 Å². The topological polar surface area (TPSA) is 83.3 Å². The zero-order valence-corrected chi connectivity index (χ0v) is 8.97. The highest BCUT2D eigenvalue weighted by atomic mass is 16.4. The number of H-pyrrole nitrogens is 1. The second-order valence-electron chi connectivity index (χ2n) is 3.62. The van der Waals surface area contributed by atoms with Gasteiger partial charge in [-0.2, -0.15) is 0 Å². The summed E-state index contributed by atoms with van der Waals surface area (Å²) >= 11 is 0. The molecule has 1 aromatic carbocycles. The van der Waals surface area contributed by atoms with Gasteiger partial charge in [-0.15, -0.1) is 0 Å². The third-order valence-corrected chi connectivity index (χ3v) is 2.35. The molecule has 5 nitrogen and oxygen atoms in total. The smallest absolute Gasteiger partial charge is 0.417 e. The maximum atomic E-state index is 10.9. The zero-order valence-electron chi connectivity index (χ0n) is 8.97. The Morgan fingerprint density at radius 3 is 3.06 bits per heavy atom. The van der Waals surface area contributed by atoms with Gasteiger partial charge in [-0.3, -0.25) is 4.98 Å². The van der Waals surface area contributed by atoms with Crippen molar-refractivity contribution < 1.29 is 14.3 Å². The van der Waals surface area contributed by atoms with Gasteiger partial charge in [-0.1, -0.05) is 12.1 Å². The number of rotatable bonds is 4. The molecule has 0 atom stereocenters. The predicted octanol–water partition coefficient (Wildman–Crippen LogP) is 1.69. The first-order valence-electron chi connectivity index (χ1n) is 5.16. The van der Waals surface area contributed by atoms with Crippen molar-refractivity contribution in [2.45, 2.75) is 12.8 Å². The van der Waals surface area contributed by atoms with E-state index in [1.165, 1.54) is 0 Å². The van der Waals surface area contributed by atoms with Crippen molar-refractivity contribution in [3.8, 4) is 0 Å². The molecule has 2 rings (SSSR count). The second-order valence-corrected chi connectivity index (χ2v) is 3.62. The molecule has 0 radical (unpaired) electrons. The summed E-state index contributed by atoms with van der Waals surface area (Å²) in [5.41, 5.74) is 2.19. The molecular formula is C12H11NO4. The summed E-state index contributed by atoms with van der Waals surface area (Å²) in [6, 6.07) is 5.43. The van der Waals surface area contributed by atoms with E-state index in [9.17, 15) is 9.59 Å². The van der Waals surface area contributed by atoms with Gasteiger partial charge in [-0.05, 0) is 30.5 Å². The van der Waals surface area contributed by atoms with Crippen LogP contribution in [0.5, 0.6) is 0 Å². The zero-order chi connectivity index (χ0) is 12.3. The van der Waals surface area contributed by atoms with Gasteiger partial charge in [0.2, 0.25) is 0 Å². The van der Waals surface area contributed by atoms with Gasteiger partial charge in [0.1, 0.15) is 0 Å². The number of aryl methyl sites for hydroxylation is 1. The summed E-state index contributed by atoms with van der Waals surface area (Å²) in [6.45, 7) is 0. The maximum Gasteiger partial charge on any atom is 0.417 e. The Morgan fingerprint density at radius 2 is 2.29 bits per heavy atom. The van der Waals surface area contributed by atoms with Crippen LogP contribution in [0.1, 0.15) is 12.0 Å². The summed E-state index contributed by atoms with van der Waals surface area (Å²) in [5.74, 6) is -1.42. The van der Waals surface area contributed by atoms with Gasteiger partial charge in [0, 0.05) is 6.08 Å². The molecule has 0 aliphatic heterocycles. The maximum absolute atomic E-state index is 10.9. The fourth-order valence-corrected chi connectivity index (χ4v) is 1.58. The van der Waals surface area contributed by atoms with Crippen LogP contribution in [0.15, 0.2) is 39.6 Å². The lowest BCUT2D eigenvalue weighted by Gasteiger charge is -1.97. The highest BCUT2D eigenvalue weighted by Crippen LogP contribution is 2.13. The van der Waals surface area contributed by atoms with E-state index < -0.39 is 11.7 Å². The molecule has 0 fully saturated rings. The van der Waals surface area contributed by atoms with E-state index in [-0.39, 0.29) is 0 Å². The molecule has 0 saturated carbocycles. The Bertz CT molecular complexity index is 621. The number of benzene rings is 1. The van der Waals surface area contributed by atoms with Gasteiger partial charge in [0.25, 0.3) is 0 Å². The van der Waals surface area contributed by atoms with E-state index in [0.29, 0.717) is 23.9 Å². The molecule has 0 spiro atoms. The average molecular weight is 233 g/mol. The third kappa shape index (κ3) is 2.84. The van der Waals surface area contributed by atoms with Crippen LogP contribution in [0.3, 0.4) is 0 Å². The summed E-state index contributed by atoms with van der Waals surface area (Å²) < 4.78 is 4.93. The van der Waals surface area contributed by atoms with Crippen molar-refractivity contribution in [2.24, 2.45) is 0 Å². The highest BCUT2D eigenvalue weighted by molar-refractivity contribution is 5.79. The molecule has 17 heavy (non-hydrogen) atoms. The highest BCUT2D eigenvalue weighted by Gasteiger charge is 2.01. The first-order chi connectivity index (χ1) is 8.15. The van der Waals surface area contributed by atoms with Gasteiger partial charge < -0.3 is 9.52 Å². The first-order valence-corrected chi connectivity index (χ1v) is 5.16. The molecule has 0 aliphatic rings. The fourth-order valence-electron chi connectivity index (χ4n) is 1.58. The Balaban J connectivity index is 2.09. The summed E-state index contributed by atoms with van der Waals surface area (Å²) in [5, 5.41) is 8.41. The van der Waals surface area contributed by atoms with Crippen LogP contribution in [0.4, 0.5) is 0 Å². The molecule has 2 N–H and O–H groups in total. The number of nitrogens with one attached hydrogen (secondary N) is 1.